The van der Waals surface area contributed by atoms with Gasteiger partial charge in [-0.25, -0.2) is 9.89 Å². The number of halogens is 6. The van der Waals surface area contributed by atoms with Crippen LogP contribution in [0.1, 0.15) is 79.1 Å². The number of nitrogens with zero attached hydrogens (tertiary/aromatic N) is 2. The van der Waals surface area contributed by atoms with Crippen molar-refractivity contribution in [2.45, 2.75) is 82.0 Å². The minimum Gasteiger partial charge on any atom is -0.370 e. The average Bonchev–Trinajstić information content (AvgIpc) is 3.44. The average molecular weight is 668 g/mol. The van der Waals surface area contributed by atoms with Crippen molar-refractivity contribution in [2.75, 3.05) is 13.1 Å². The Morgan fingerprint density at radius 1 is 0.979 bits per heavy atom. The number of hydrogen-bond donors (Lipinski definition) is 3. The number of amides is 2. The number of alkyl halides is 6. The lowest BCUT2D eigenvalue weighted by Gasteiger charge is -2.42. The zero-order valence-corrected chi connectivity index (χ0v) is 25.5. The minimum absolute atomic E-state index is 0.0380. The second-order valence-corrected chi connectivity index (χ2v) is 12.2. The molecule has 1 aromatic heterocycles. The third kappa shape index (κ3) is 8.62. The standard InChI is InChI=1S/C32H35F6N5O4/c1-18(21-13-22(31(33,34)35)15-23(14-21)32(36,37)38)47-26-11-12-43(17-25(26)19-5-3-2-4-6-19)29(45)20-7-9-24(10-8-20)39-28(44)16-27-40-30(46)42-41-27/h2-6,13-15,18,20,24-26H,7-12,16-17H2,1H3,(H,39,44)(H2,40,41,42,46)/t18-,20?,24?,25+,26+/m1/s1. The highest BCUT2D eigenvalue weighted by molar-refractivity contribution is 5.80. The van der Waals surface area contributed by atoms with Crippen LogP contribution in [0.25, 0.3) is 0 Å². The normalized spacial score (nSPS) is 22.9. The van der Waals surface area contributed by atoms with Crippen LogP contribution < -0.4 is 11.0 Å². The van der Waals surface area contributed by atoms with Gasteiger partial charge < -0.3 is 15.0 Å². The largest absolute Gasteiger partial charge is 0.416 e. The highest BCUT2D eigenvalue weighted by Gasteiger charge is 2.40. The second-order valence-electron chi connectivity index (χ2n) is 12.2. The Bertz CT molecular complexity index is 1570. The zero-order valence-electron chi connectivity index (χ0n) is 25.5. The summed E-state index contributed by atoms with van der Waals surface area (Å²) in [5.74, 6) is -0.724. The summed E-state index contributed by atoms with van der Waals surface area (Å²) in [5.41, 5.74) is -2.70. The lowest BCUT2D eigenvalue weighted by Crippen LogP contribution is -2.49. The molecule has 1 saturated heterocycles. The lowest BCUT2D eigenvalue weighted by atomic mass is 9.83. The molecule has 1 saturated carbocycles. The molecule has 254 valence electrons. The van der Waals surface area contributed by atoms with Crippen molar-refractivity contribution < 1.29 is 40.7 Å². The van der Waals surface area contributed by atoms with Crippen molar-refractivity contribution in [2.24, 2.45) is 5.92 Å². The molecule has 0 spiro atoms. The number of likely N-dealkylation sites (tertiary alicyclic amines) is 1. The summed E-state index contributed by atoms with van der Waals surface area (Å²) in [6.45, 7) is 2.02. The molecule has 2 heterocycles. The molecule has 47 heavy (non-hydrogen) atoms. The van der Waals surface area contributed by atoms with E-state index >= 15 is 0 Å². The van der Waals surface area contributed by atoms with E-state index in [-0.39, 0.29) is 60.1 Å². The number of carbonyl (C=O) groups excluding carboxylic acids is 2. The summed E-state index contributed by atoms with van der Waals surface area (Å²) in [5, 5.41) is 8.86. The minimum atomic E-state index is -4.97. The fourth-order valence-electron chi connectivity index (χ4n) is 6.43. The molecular formula is C32H35F6N5O4. The molecule has 2 aliphatic rings. The van der Waals surface area contributed by atoms with E-state index in [1.165, 1.54) is 6.92 Å². The molecule has 3 atom stereocenters. The van der Waals surface area contributed by atoms with Crippen molar-refractivity contribution in [3.63, 3.8) is 0 Å². The molecule has 3 aromatic rings. The molecule has 2 aromatic carbocycles. The molecule has 15 heteroatoms. The van der Waals surface area contributed by atoms with Gasteiger partial charge >= 0.3 is 18.0 Å². The number of nitrogens with one attached hydrogen (secondary N) is 3. The summed E-state index contributed by atoms with van der Waals surface area (Å²) < 4.78 is 87.2. The molecule has 3 N–H and O–H groups in total. The van der Waals surface area contributed by atoms with E-state index in [1.54, 1.807) is 4.90 Å². The van der Waals surface area contributed by atoms with Gasteiger partial charge in [0, 0.05) is 31.0 Å². The third-order valence-corrected chi connectivity index (χ3v) is 8.87. The van der Waals surface area contributed by atoms with Crippen LogP contribution >= 0.6 is 0 Å². The van der Waals surface area contributed by atoms with Gasteiger partial charge in [-0.05, 0) is 68.4 Å². The first-order valence-corrected chi connectivity index (χ1v) is 15.4. The van der Waals surface area contributed by atoms with Crippen molar-refractivity contribution in [3.05, 3.63) is 87.1 Å². The fourth-order valence-corrected chi connectivity index (χ4v) is 6.43. The number of piperidine rings is 1. The van der Waals surface area contributed by atoms with Crippen LogP contribution in [-0.2, 0) is 33.1 Å². The van der Waals surface area contributed by atoms with E-state index in [2.05, 4.69) is 20.5 Å². The molecule has 0 unspecified atom stereocenters. The van der Waals surface area contributed by atoms with E-state index in [0.29, 0.717) is 50.8 Å². The van der Waals surface area contributed by atoms with Crippen LogP contribution in [0, 0.1) is 5.92 Å². The highest BCUT2D eigenvalue weighted by Crippen LogP contribution is 2.40. The van der Waals surface area contributed by atoms with E-state index in [1.807, 2.05) is 30.3 Å². The molecule has 9 nitrogen and oxygen atoms in total. The molecule has 1 aliphatic heterocycles. The molecule has 1 aliphatic carbocycles. The Labute approximate surface area is 266 Å². The van der Waals surface area contributed by atoms with Crippen molar-refractivity contribution in [3.8, 4) is 0 Å². The summed E-state index contributed by atoms with van der Waals surface area (Å²) in [6, 6.07) is 10.5. The van der Waals surface area contributed by atoms with Crippen LogP contribution in [0.4, 0.5) is 26.3 Å². The third-order valence-electron chi connectivity index (χ3n) is 8.87. The summed E-state index contributed by atoms with van der Waals surface area (Å²) in [4.78, 5) is 41.4. The number of aromatic amines is 2. The van der Waals surface area contributed by atoms with Crippen molar-refractivity contribution >= 4 is 11.8 Å². The smallest absolute Gasteiger partial charge is 0.370 e. The van der Waals surface area contributed by atoms with Crippen LogP contribution in [0.5, 0.6) is 0 Å². The molecule has 0 bridgehead atoms. The van der Waals surface area contributed by atoms with Gasteiger partial charge in [0.2, 0.25) is 11.8 Å². The number of benzene rings is 2. The lowest BCUT2D eigenvalue weighted by molar-refractivity contribution is -0.143. The number of hydrogen-bond acceptors (Lipinski definition) is 5. The molecule has 5 rings (SSSR count). The van der Waals surface area contributed by atoms with E-state index in [4.69, 9.17) is 4.74 Å². The van der Waals surface area contributed by atoms with Crippen molar-refractivity contribution in [1.82, 2.24) is 25.4 Å². The first-order valence-electron chi connectivity index (χ1n) is 15.4. The Balaban J connectivity index is 1.24. The Morgan fingerprint density at radius 3 is 2.19 bits per heavy atom. The van der Waals surface area contributed by atoms with Gasteiger partial charge in [0.15, 0.2) is 0 Å². The molecular weight excluding hydrogens is 632 g/mol. The van der Waals surface area contributed by atoms with Crippen LogP contribution in [0.3, 0.4) is 0 Å². The summed E-state index contributed by atoms with van der Waals surface area (Å²) >= 11 is 0. The first kappa shape index (κ1) is 34.2. The van der Waals surface area contributed by atoms with Gasteiger partial charge in [0.05, 0.1) is 29.8 Å². The number of H-pyrrole nitrogens is 2. The topological polar surface area (TPSA) is 120 Å². The predicted octanol–water partition coefficient (Wildman–Crippen LogP) is 5.52. The Kier molecular flexibility index (Phi) is 10.1. The van der Waals surface area contributed by atoms with Gasteiger partial charge in [0.25, 0.3) is 0 Å². The predicted molar refractivity (Wildman–Crippen MR) is 157 cm³/mol. The SMILES string of the molecule is C[C@@H](O[C@H]1CCN(C(=O)C2CCC(NC(=O)Cc3n[nH]c(=O)[nH]3)CC2)C[C@H]1c1ccccc1)c1cc(C(F)(F)F)cc(C(F)(F)F)c1. The van der Waals surface area contributed by atoms with Crippen LogP contribution in [-0.4, -0.2) is 57.1 Å². The number of carbonyl (C=O) groups is 2. The van der Waals surface area contributed by atoms with E-state index in [0.717, 1.165) is 5.56 Å². The maximum atomic E-state index is 13.7. The van der Waals surface area contributed by atoms with Gasteiger partial charge in [-0.3, -0.25) is 14.6 Å². The summed E-state index contributed by atoms with van der Waals surface area (Å²) in [7, 11) is 0. The zero-order chi connectivity index (χ0) is 33.9. The Morgan fingerprint density at radius 2 is 1.62 bits per heavy atom. The fraction of sp³-hybridized carbons (Fsp3) is 0.500. The Hall–Kier alpha value is -4.14. The van der Waals surface area contributed by atoms with Crippen LogP contribution in [0.15, 0.2) is 53.3 Å². The number of aromatic nitrogens is 3. The quantitative estimate of drug-likeness (QED) is 0.274. The maximum Gasteiger partial charge on any atom is 0.416 e. The molecule has 2 amide bonds. The van der Waals surface area contributed by atoms with E-state index < -0.39 is 41.4 Å². The first-order chi connectivity index (χ1) is 22.2. The van der Waals surface area contributed by atoms with Gasteiger partial charge in [-0.15, -0.1) is 0 Å². The molecule has 0 radical (unpaired) electrons. The second kappa shape index (κ2) is 13.9. The highest BCUT2D eigenvalue weighted by atomic mass is 19.4. The van der Waals surface area contributed by atoms with Crippen LogP contribution in [0.2, 0.25) is 0 Å². The molecule has 2 fully saturated rings. The van der Waals surface area contributed by atoms with Gasteiger partial charge in [-0.1, -0.05) is 30.3 Å². The number of rotatable bonds is 8. The van der Waals surface area contributed by atoms with Crippen molar-refractivity contribution in [1.29, 1.82) is 0 Å². The van der Waals surface area contributed by atoms with Gasteiger partial charge in [-0.2, -0.15) is 31.4 Å². The maximum absolute atomic E-state index is 13.7. The van der Waals surface area contributed by atoms with Gasteiger partial charge in [0.1, 0.15) is 5.82 Å². The summed E-state index contributed by atoms with van der Waals surface area (Å²) in [6.07, 6.45) is -9.04. The number of ether oxygens (including phenoxy) is 1. The van der Waals surface area contributed by atoms with E-state index in [9.17, 15) is 40.7 Å². The monoisotopic (exact) mass is 667 g/mol.